The second kappa shape index (κ2) is 9.78. The smallest absolute Gasteiger partial charge is 0.220 e. The van der Waals surface area contributed by atoms with Gasteiger partial charge in [-0.2, -0.15) is 10.5 Å². The van der Waals surface area contributed by atoms with Crippen LogP contribution in [0.2, 0.25) is 0 Å². The van der Waals surface area contributed by atoms with E-state index in [2.05, 4.69) is 10.3 Å². The highest BCUT2D eigenvalue weighted by Crippen LogP contribution is 2.29. The lowest BCUT2D eigenvalue weighted by Crippen LogP contribution is -2.17. The molecular formula is C20H17FN4O3S. The molecule has 0 amide bonds. The van der Waals surface area contributed by atoms with Crippen molar-refractivity contribution in [1.82, 2.24) is 10.3 Å². The average molecular weight is 412 g/mol. The van der Waals surface area contributed by atoms with Gasteiger partial charge in [0, 0.05) is 29.2 Å². The standard InChI is InChI=1S/C20H17FN4O3S/c21-7-14(11-26)12-27-15-1-3-17-18(6-15)28-19(25-17)4-2-16-10-24-20(29-16)5-13(8-22)9-23/h1-6,10,14,20,24,26H,7,11-12H2/b4-2+. The fourth-order valence-electron chi connectivity index (χ4n) is 2.40. The number of aliphatic hydroxyl groups excluding tert-OH is 1. The molecule has 148 valence electrons. The van der Waals surface area contributed by atoms with Crippen LogP contribution < -0.4 is 10.1 Å². The molecule has 2 N–H and O–H groups in total. The molecule has 7 nitrogen and oxygen atoms in total. The lowest BCUT2D eigenvalue weighted by molar-refractivity contribution is 0.140. The van der Waals surface area contributed by atoms with Crippen LogP contribution in [0.15, 0.2) is 51.4 Å². The van der Waals surface area contributed by atoms with Gasteiger partial charge in [0.2, 0.25) is 5.89 Å². The zero-order chi connectivity index (χ0) is 20.6. The van der Waals surface area contributed by atoms with Crippen LogP contribution in [0.25, 0.3) is 17.2 Å². The Morgan fingerprint density at radius 1 is 1.41 bits per heavy atom. The molecule has 2 aromatic rings. The molecule has 0 spiro atoms. The Bertz CT molecular complexity index is 1030. The minimum absolute atomic E-state index is 0.0578. The van der Waals surface area contributed by atoms with E-state index < -0.39 is 12.6 Å². The number of thioether (sulfide) groups is 1. The minimum atomic E-state index is -0.649. The van der Waals surface area contributed by atoms with Crippen molar-refractivity contribution in [2.24, 2.45) is 5.92 Å². The molecule has 2 unspecified atom stereocenters. The summed E-state index contributed by atoms with van der Waals surface area (Å²) in [5.74, 6) is 0.361. The highest BCUT2D eigenvalue weighted by atomic mass is 32.2. The fraction of sp³-hybridized carbons (Fsp3) is 0.250. The number of hydrogen-bond acceptors (Lipinski definition) is 8. The van der Waals surface area contributed by atoms with Crippen molar-refractivity contribution in [3.8, 4) is 17.9 Å². The van der Waals surface area contributed by atoms with E-state index in [4.69, 9.17) is 24.8 Å². The second-order valence-corrected chi connectivity index (χ2v) is 7.30. The fourth-order valence-corrected chi connectivity index (χ4v) is 3.31. The number of oxazole rings is 1. The van der Waals surface area contributed by atoms with Gasteiger partial charge in [-0.15, -0.1) is 0 Å². The number of aromatic nitrogens is 1. The van der Waals surface area contributed by atoms with Crippen molar-refractivity contribution < 1.29 is 18.7 Å². The highest BCUT2D eigenvalue weighted by molar-refractivity contribution is 8.04. The first kappa shape index (κ1) is 20.5. The Labute approximate surface area is 170 Å². The van der Waals surface area contributed by atoms with Crippen LogP contribution in [0, 0.1) is 28.6 Å². The number of halogens is 1. The Morgan fingerprint density at radius 2 is 2.24 bits per heavy atom. The van der Waals surface area contributed by atoms with Gasteiger partial charge in [0.25, 0.3) is 0 Å². The van der Waals surface area contributed by atoms with Crippen molar-refractivity contribution in [2.45, 2.75) is 5.37 Å². The van der Waals surface area contributed by atoms with Gasteiger partial charge in [0.05, 0.1) is 25.3 Å². The van der Waals surface area contributed by atoms with Gasteiger partial charge in [-0.25, -0.2) is 4.98 Å². The number of hydrogen-bond donors (Lipinski definition) is 2. The first-order valence-corrected chi connectivity index (χ1v) is 9.56. The van der Waals surface area contributed by atoms with E-state index in [0.29, 0.717) is 22.7 Å². The summed E-state index contributed by atoms with van der Waals surface area (Å²) in [6.07, 6.45) is 6.88. The maximum atomic E-state index is 12.6. The summed E-state index contributed by atoms with van der Waals surface area (Å²) in [6, 6.07) is 8.79. The maximum absolute atomic E-state index is 12.6. The van der Waals surface area contributed by atoms with Crippen LogP contribution in [-0.4, -0.2) is 35.4 Å². The summed E-state index contributed by atoms with van der Waals surface area (Å²) in [5, 5.41) is 29.5. The van der Waals surface area contributed by atoms with Crippen LogP contribution in [0.4, 0.5) is 4.39 Å². The second-order valence-electron chi connectivity index (χ2n) is 6.08. The number of fused-ring (bicyclic) bond motifs is 1. The molecule has 9 heteroatoms. The maximum Gasteiger partial charge on any atom is 0.220 e. The van der Waals surface area contributed by atoms with Gasteiger partial charge >= 0.3 is 0 Å². The van der Waals surface area contributed by atoms with Crippen LogP contribution >= 0.6 is 11.8 Å². The van der Waals surface area contributed by atoms with E-state index in [9.17, 15) is 4.39 Å². The van der Waals surface area contributed by atoms with E-state index >= 15 is 0 Å². The normalized spacial score (nSPS) is 16.7. The predicted molar refractivity (Wildman–Crippen MR) is 107 cm³/mol. The van der Waals surface area contributed by atoms with E-state index in [1.807, 2.05) is 18.2 Å². The van der Waals surface area contributed by atoms with Crippen molar-refractivity contribution in [3.05, 3.63) is 52.9 Å². The molecule has 3 rings (SSSR count). The topological polar surface area (TPSA) is 115 Å². The number of allylic oxidation sites excluding steroid dienone is 2. The van der Waals surface area contributed by atoms with Crippen LogP contribution in [0.1, 0.15) is 5.89 Å². The van der Waals surface area contributed by atoms with Crippen LogP contribution in [0.3, 0.4) is 0 Å². The third-order valence-electron chi connectivity index (χ3n) is 3.94. The summed E-state index contributed by atoms with van der Waals surface area (Å²) >= 11 is 1.46. The molecule has 1 aliphatic rings. The van der Waals surface area contributed by atoms with Crippen molar-refractivity contribution in [2.75, 3.05) is 19.9 Å². The number of nitriles is 2. The quantitative estimate of drug-likeness (QED) is 0.635. The van der Waals surface area contributed by atoms with E-state index in [1.54, 1.807) is 36.6 Å². The van der Waals surface area contributed by atoms with Gasteiger partial charge in [-0.05, 0) is 24.3 Å². The lowest BCUT2D eigenvalue weighted by Gasteiger charge is -2.11. The molecule has 0 bridgehead atoms. The predicted octanol–water partition coefficient (Wildman–Crippen LogP) is 3.28. The number of nitrogens with zero attached hydrogens (tertiary/aromatic N) is 3. The monoisotopic (exact) mass is 412 g/mol. The molecule has 2 heterocycles. The molecule has 0 saturated heterocycles. The van der Waals surface area contributed by atoms with Crippen molar-refractivity contribution >= 4 is 28.9 Å². The van der Waals surface area contributed by atoms with Gasteiger partial charge in [0.15, 0.2) is 5.58 Å². The molecule has 0 aliphatic carbocycles. The summed E-state index contributed by atoms with van der Waals surface area (Å²) < 4.78 is 23.8. The molecule has 0 radical (unpaired) electrons. The van der Waals surface area contributed by atoms with Crippen molar-refractivity contribution in [3.63, 3.8) is 0 Å². The SMILES string of the molecule is N#CC(C#N)=CC1NC=C(/C=C/c2nc3ccc(OCC(CO)CF)cc3o2)S1. The van der Waals surface area contributed by atoms with Gasteiger partial charge in [-0.3, -0.25) is 4.39 Å². The largest absolute Gasteiger partial charge is 0.493 e. The Kier molecular flexibility index (Phi) is 6.90. The molecule has 1 aromatic heterocycles. The highest BCUT2D eigenvalue weighted by Gasteiger charge is 2.15. The zero-order valence-corrected chi connectivity index (χ0v) is 16.0. The number of benzene rings is 1. The molecule has 0 saturated carbocycles. The average Bonchev–Trinajstić information content (AvgIpc) is 3.37. The summed E-state index contributed by atoms with van der Waals surface area (Å²) in [6.45, 7) is -0.847. The third-order valence-corrected chi connectivity index (χ3v) is 4.99. The molecule has 0 fully saturated rings. The van der Waals surface area contributed by atoms with Gasteiger partial charge < -0.3 is 19.6 Å². The van der Waals surface area contributed by atoms with E-state index in [1.165, 1.54) is 11.8 Å². The van der Waals surface area contributed by atoms with Gasteiger partial charge in [-0.1, -0.05) is 11.8 Å². The number of ether oxygens (including phenoxy) is 1. The van der Waals surface area contributed by atoms with E-state index in [0.717, 1.165) is 4.91 Å². The Hall–Kier alpha value is -3.27. The molecule has 1 aromatic carbocycles. The summed E-state index contributed by atoms with van der Waals surface area (Å²) in [4.78, 5) is 5.27. The first-order valence-electron chi connectivity index (χ1n) is 8.68. The number of rotatable bonds is 8. The van der Waals surface area contributed by atoms with E-state index in [-0.39, 0.29) is 24.2 Å². The molecule has 2 atom stereocenters. The number of aliphatic hydroxyl groups is 1. The lowest BCUT2D eigenvalue weighted by atomic mass is 10.2. The van der Waals surface area contributed by atoms with Crippen molar-refractivity contribution in [1.29, 1.82) is 10.5 Å². The molecule has 29 heavy (non-hydrogen) atoms. The van der Waals surface area contributed by atoms with Crippen LogP contribution in [-0.2, 0) is 0 Å². The summed E-state index contributed by atoms with van der Waals surface area (Å²) in [5.41, 5.74) is 1.24. The minimum Gasteiger partial charge on any atom is -0.493 e. The Balaban J connectivity index is 1.63. The zero-order valence-electron chi connectivity index (χ0n) is 15.2. The Morgan fingerprint density at radius 3 is 2.97 bits per heavy atom. The number of nitrogens with one attached hydrogen (secondary N) is 1. The molecular weight excluding hydrogens is 395 g/mol. The first-order chi connectivity index (χ1) is 14.1. The van der Waals surface area contributed by atoms with Crippen LogP contribution in [0.5, 0.6) is 5.75 Å². The number of alkyl halides is 1. The summed E-state index contributed by atoms with van der Waals surface area (Å²) in [7, 11) is 0. The third kappa shape index (κ3) is 5.38. The molecule has 1 aliphatic heterocycles. The van der Waals surface area contributed by atoms with Gasteiger partial charge in [0.1, 0.15) is 29.0 Å².